The maximum Gasteiger partial charge on any atom is 0.277 e. The summed E-state index contributed by atoms with van der Waals surface area (Å²) < 4.78 is 0. The van der Waals surface area contributed by atoms with Gasteiger partial charge in [-0.25, -0.2) is 5.48 Å². The molecule has 0 fully saturated rings. The summed E-state index contributed by atoms with van der Waals surface area (Å²) in [5.41, 5.74) is 1.94. The van der Waals surface area contributed by atoms with E-state index in [1.54, 1.807) is 17.6 Å². The fourth-order valence-corrected chi connectivity index (χ4v) is 3.28. The van der Waals surface area contributed by atoms with Crippen molar-refractivity contribution in [2.45, 2.75) is 25.7 Å². The summed E-state index contributed by atoms with van der Waals surface area (Å²) >= 11 is 0. The molecule has 0 spiro atoms. The van der Waals surface area contributed by atoms with E-state index in [4.69, 9.17) is 5.21 Å². The maximum atomic E-state index is 12.8. The van der Waals surface area contributed by atoms with Gasteiger partial charge in [0.15, 0.2) is 0 Å². The first kappa shape index (κ1) is 18.5. The van der Waals surface area contributed by atoms with Gasteiger partial charge < -0.3 is 0 Å². The van der Waals surface area contributed by atoms with Crippen LogP contribution in [-0.2, 0) is 4.79 Å². The van der Waals surface area contributed by atoms with Crippen molar-refractivity contribution in [3.8, 4) is 0 Å². The predicted molar refractivity (Wildman–Crippen MR) is 94.4 cm³/mol. The van der Waals surface area contributed by atoms with E-state index >= 15 is 0 Å². The van der Waals surface area contributed by atoms with E-state index in [1.165, 1.54) is 18.2 Å². The van der Waals surface area contributed by atoms with Gasteiger partial charge in [-0.3, -0.25) is 34.6 Å². The topological polar surface area (TPSA) is 130 Å². The van der Waals surface area contributed by atoms with Crippen LogP contribution in [0.15, 0.2) is 30.3 Å². The summed E-state index contributed by atoms with van der Waals surface area (Å²) in [4.78, 5) is 48.3. The lowest BCUT2D eigenvalue weighted by Gasteiger charge is -2.27. The second-order valence-corrected chi connectivity index (χ2v) is 6.23. The average Bonchev–Trinajstić information content (AvgIpc) is 2.67. The Morgan fingerprint density at radius 3 is 2.44 bits per heavy atom. The monoisotopic (exact) mass is 371 g/mol. The minimum absolute atomic E-state index is 0.146. The minimum Gasteiger partial charge on any atom is -0.289 e. The van der Waals surface area contributed by atoms with Crippen molar-refractivity contribution >= 4 is 34.2 Å². The van der Waals surface area contributed by atoms with Crippen LogP contribution < -0.4 is 5.48 Å². The van der Waals surface area contributed by atoms with E-state index in [9.17, 15) is 24.5 Å². The Labute approximate surface area is 153 Å². The summed E-state index contributed by atoms with van der Waals surface area (Å²) in [5, 5.41) is 20.3. The molecule has 0 aliphatic carbocycles. The van der Waals surface area contributed by atoms with Crippen LogP contribution in [0.3, 0.4) is 0 Å². The molecule has 0 saturated carbocycles. The molecule has 0 atom stereocenters. The molecule has 1 heterocycles. The molecule has 0 radical (unpaired) electrons. The second kappa shape index (κ2) is 7.50. The fourth-order valence-electron chi connectivity index (χ4n) is 3.28. The lowest BCUT2D eigenvalue weighted by atomic mass is 9.93. The van der Waals surface area contributed by atoms with Gasteiger partial charge in [0.25, 0.3) is 17.5 Å². The van der Waals surface area contributed by atoms with Gasteiger partial charge >= 0.3 is 0 Å². The minimum atomic E-state index is -0.535. The number of benzene rings is 2. The van der Waals surface area contributed by atoms with Gasteiger partial charge in [-0.15, -0.1) is 0 Å². The number of imide groups is 1. The quantitative estimate of drug-likeness (QED) is 0.253. The first-order valence-corrected chi connectivity index (χ1v) is 8.45. The zero-order valence-electron chi connectivity index (χ0n) is 14.3. The first-order valence-electron chi connectivity index (χ1n) is 8.45. The smallest absolute Gasteiger partial charge is 0.277 e. The van der Waals surface area contributed by atoms with E-state index in [1.807, 2.05) is 0 Å². The second-order valence-electron chi connectivity index (χ2n) is 6.23. The standard InChI is InChI=1S/C18H17N3O6/c22-15(19-25)7-2-1-3-10-20-17(23)12-6-4-5-11-14(21(26)27)9-8-13(16(11)12)18(20)24/h4-6,8-9,25H,1-3,7,10H2,(H,19,22). The molecule has 0 saturated heterocycles. The number of non-ortho nitro benzene ring substituents is 1. The normalized spacial score (nSPS) is 13.1. The molecular formula is C18H17N3O6. The van der Waals surface area contributed by atoms with Gasteiger partial charge in [-0.2, -0.15) is 0 Å². The number of carbonyl (C=O) groups excluding carboxylic acids is 3. The van der Waals surface area contributed by atoms with E-state index in [-0.39, 0.29) is 35.2 Å². The number of nitro benzene ring substituents is 1. The Kier molecular flexibility index (Phi) is 5.13. The molecular weight excluding hydrogens is 354 g/mol. The SMILES string of the molecule is O=C(CCCCCN1C(=O)c2cccc3c([N+](=O)[O-])ccc(c23)C1=O)NO. The van der Waals surface area contributed by atoms with Crippen LogP contribution in [0.4, 0.5) is 5.69 Å². The number of amides is 3. The van der Waals surface area contributed by atoms with E-state index in [2.05, 4.69) is 0 Å². The van der Waals surface area contributed by atoms with Crippen molar-refractivity contribution in [2.24, 2.45) is 0 Å². The van der Waals surface area contributed by atoms with Gasteiger partial charge in [-0.1, -0.05) is 12.5 Å². The molecule has 0 unspecified atom stereocenters. The summed E-state index contributed by atoms with van der Waals surface area (Å²) in [6, 6.07) is 7.32. The number of nitrogens with zero attached hydrogens (tertiary/aromatic N) is 2. The van der Waals surface area contributed by atoms with Crippen molar-refractivity contribution in [1.82, 2.24) is 10.4 Å². The van der Waals surface area contributed by atoms with Crippen molar-refractivity contribution in [1.29, 1.82) is 0 Å². The molecule has 27 heavy (non-hydrogen) atoms. The number of hydrogen-bond acceptors (Lipinski definition) is 6. The Morgan fingerprint density at radius 1 is 1.07 bits per heavy atom. The number of hydroxylamine groups is 1. The molecule has 3 rings (SSSR count). The third-order valence-corrected chi connectivity index (χ3v) is 4.58. The summed E-state index contributed by atoms with van der Waals surface area (Å²) in [7, 11) is 0. The molecule has 2 aromatic rings. The highest BCUT2D eigenvalue weighted by molar-refractivity contribution is 6.26. The maximum absolute atomic E-state index is 12.8. The third-order valence-electron chi connectivity index (χ3n) is 4.58. The van der Waals surface area contributed by atoms with E-state index < -0.39 is 22.6 Å². The van der Waals surface area contributed by atoms with Crippen LogP contribution in [0.2, 0.25) is 0 Å². The first-order chi connectivity index (χ1) is 13.0. The molecule has 2 aromatic carbocycles. The van der Waals surface area contributed by atoms with E-state index in [0.29, 0.717) is 24.6 Å². The Bertz CT molecular complexity index is 933. The lowest BCUT2D eigenvalue weighted by molar-refractivity contribution is -0.383. The van der Waals surface area contributed by atoms with Gasteiger partial charge in [0.1, 0.15) is 0 Å². The third kappa shape index (κ3) is 3.36. The molecule has 9 heteroatoms. The summed E-state index contributed by atoms with van der Waals surface area (Å²) in [6.07, 6.45) is 1.78. The molecule has 1 aliphatic heterocycles. The predicted octanol–water partition coefficient (Wildman–Crippen LogP) is 2.41. The Morgan fingerprint density at radius 2 is 1.78 bits per heavy atom. The van der Waals surface area contributed by atoms with Crippen LogP contribution >= 0.6 is 0 Å². The molecule has 0 aromatic heterocycles. The molecule has 9 nitrogen and oxygen atoms in total. The number of carbonyl (C=O) groups is 3. The number of unbranched alkanes of at least 4 members (excludes halogenated alkanes) is 2. The largest absolute Gasteiger partial charge is 0.289 e. The van der Waals surface area contributed by atoms with Crippen molar-refractivity contribution in [2.75, 3.05) is 6.54 Å². The van der Waals surface area contributed by atoms with Crippen molar-refractivity contribution < 1.29 is 24.5 Å². The highest BCUT2D eigenvalue weighted by atomic mass is 16.6. The zero-order valence-corrected chi connectivity index (χ0v) is 14.3. The Hall–Kier alpha value is -3.33. The average molecular weight is 371 g/mol. The molecule has 140 valence electrons. The van der Waals surface area contributed by atoms with Crippen molar-refractivity contribution in [3.05, 3.63) is 51.6 Å². The van der Waals surface area contributed by atoms with Gasteiger partial charge in [-0.05, 0) is 31.0 Å². The van der Waals surface area contributed by atoms with Crippen LogP contribution in [-0.4, -0.2) is 39.3 Å². The molecule has 1 aliphatic rings. The van der Waals surface area contributed by atoms with Gasteiger partial charge in [0.05, 0.1) is 10.3 Å². The number of nitrogens with one attached hydrogen (secondary N) is 1. The van der Waals surface area contributed by atoms with Gasteiger partial charge in [0, 0.05) is 35.5 Å². The summed E-state index contributed by atoms with van der Waals surface area (Å²) in [6.45, 7) is 0.186. The van der Waals surface area contributed by atoms with Crippen LogP contribution in [0.1, 0.15) is 46.4 Å². The summed E-state index contributed by atoms with van der Waals surface area (Å²) in [5.74, 6) is -1.44. The van der Waals surface area contributed by atoms with E-state index in [0.717, 1.165) is 4.90 Å². The lowest BCUT2D eigenvalue weighted by Crippen LogP contribution is -2.40. The molecule has 2 N–H and O–H groups in total. The number of hydrogen-bond donors (Lipinski definition) is 2. The number of rotatable bonds is 7. The fraction of sp³-hybridized carbons (Fsp3) is 0.278. The Balaban J connectivity index is 1.82. The highest BCUT2D eigenvalue weighted by Gasteiger charge is 2.34. The molecule has 3 amide bonds. The van der Waals surface area contributed by atoms with Crippen LogP contribution in [0.5, 0.6) is 0 Å². The highest BCUT2D eigenvalue weighted by Crippen LogP contribution is 2.35. The number of nitro groups is 1. The zero-order chi connectivity index (χ0) is 19.6. The van der Waals surface area contributed by atoms with Gasteiger partial charge in [0.2, 0.25) is 5.91 Å². The van der Waals surface area contributed by atoms with Crippen LogP contribution in [0.25, 0.3) is 10.8 Å². The van der Waals surface area contributed by atoms with Crippen molar-refractivity contribution in [3.63, 3.8) is 0 Å². The van der Waals surface area contributed by atoms with Crippen LogP contribution in [0, 0.1) is 10.1 Å². The molecule has 0 bridgehead atoms.